The molecule has 0 N–H and O–H groups in total. The number of ether oxygens (including phenoxy) is 2. The van der Waals surface area contributed by atoms with Gasteiger partial charge in [-0.05, 0) is 66.1 Å². The average Bonchev–Trinajstić information content (AvgIpc) is 2.65. The minimum Gasteiger partial charge on any atom is -0.493 e. The maximum Gasteiger partial charge on any atom is 0.254 e. The van der Waals surface area contributed by atoms with Crippen molar-refractivity contribution in [2.75, 3.05) is 20.3 Å². The summed E-state index contributed by atoms with van der Waals surface area (Å²) in [5.41, 5.74) is 0.679. The minimum atomic E-state index is 0.123. The number of methoxy groups -OCH3 is 1. The average molecular weight is 410 g/mol. The van der Waals surface area contributed by atoms with Gasteiger partial charge in [0, 0.05) is 18.2 Å². The van der Waals surface area contributed by atoms with E-state index in [-0.39, 0.29) is 5.91 Å². The van der Waals surface area contributed by atoms with E-state index >= 15 is 0 Å². The smallest absolute Gasteiger partial charge is 0.254 e. The molecule has 3 rings (SSSR count). The van der Waals surface area contributed by atoms with Gasteiger partial charge in [-0.3, -0.25) is 4.79 Å². The molecule has 1 saturated heterocycles. The molecule has 4 nitrogen and oxygen atoms in total. The molecule has 5 heteroatoms. The molecule has 0 spiro atoms. The van der Waals surface area contributed by atoms with Crippen LogP contribution in [-0.4, -0.2) is 37.1 Å². The van der Waals surface area contributed by atoms with E-state index in [0.717, 1.165) is 30.3 Å². The van der Waals surface area contributed by atoms with E-state index in [4.69, 9.17) is 9.47 Å². The lowest BCUT2D eigenvalue weighted by Crippen LogP contribution is -2.49. The number of rotatable bonds is 5. The quantitative estimate of drug-likeness (QED) is 0.683. The number of hydrogen-bond acceptors (Lipinski definition) is 3. The minimum absolute atomic E-state index is 0.123. The van der Waals surface area contributed by atoms with Gasteiger partial charge in [0.15, 0.2) is 11.5 Å². The predicted octanol–water partition coefficient (Wildman–Crippen LogP) is 5.04. The third-order valence-corrected chi connectivity index (χ3v) is 6.02. The van der Waals surface area contributed by atoms with Gasteiger partial charge >= 0.3 is 0 Å². The molecule has 138 valence electrons. The molecule has 1 amide bonds. The van der Waals surface area contributed by atoms with Crippen molar-refractivity contribution in [2.45, 2.75) is 57.9 Å². The maximum absolute atomic E-state index is 13.2. The van der Waals surface area contributed by atoms with Gasteiger partial charge in [0.05, 0.1) is 18.2 Å². The monoisotopic (exact) mass is 409 g/mol. The second-order valence-electron chi connectivity index (χ2n) is 7.09. The number of nitrogens with zero attached hydrogens (tertiary/aromatic N) is 1. The molecule has 1 aliphatic carbocycles. The van der Waals surface area contributed by atoms with Crippen molar-refractivity contribution in [3.63, 3.8) is 0 Å². The number of carbonyl (C=O) groups is 1. The van der Waals surface area contributed by atoms with Crippen LogP contribution in [0.4, 0.5) is 0 Å². The zero-order valence-electron chi connectivity index (χ0n) is 15.2. The van der Waals surface area contributed by atoms with Gasteiger partial charge in [0.25, 0.3) is 5.91 Å². The molecular weight excluding hydrogens is 382 g/mol. The summed E-state index contributed by atoms with van der Waals surface area (Å²) in [5, 5.41) is 0. The van der Waals surface area contributed by atoms with Crippen LogP contribution in [0.1, 0.15) is 62.2 Å². The molecule has 25 heavy (non-hydrogen) atoms. The van der Waals surface area contributed by atoms with Crippen LogP contribution in [0, 0.1) is 5.92 Å². The van der Waals surface area contributed by atoms with E-state index in [9.17, 15) is 4.79 Å². The summed E-state index contributed by atoms with van der Waals surface area (Å²) in [7, 11) is 1.62. The van der Waals surface area contributed by atoms with Crippen molar-refractivity contribution >= 4 is 21.8 Å². The van der Waals surface area contributed by atoms with Gasteiger partial charge in [0.1, 0.15) is 0 Å². The van der Waals surface area contributed by atoms with Gasteiger partial charge in [-0.2, -0.15) is 0 Å². The van der Waals surface area contributed by atoms with E-state index in [1.165, 1.54) is 25.7 Å². The highest BCUT2D eigenvalue weighted by molar-refractivity contribution is 9.10. The van der Waals surface area contributed by atoms with Crippen LogP contribution in [0.3, 0.4) is 0 Å². The molecule has 1 aliphatic heterocycles. The summed E-state index contributed by atoms with van der Waals surface area (Å²) < 4.78 is 12.0. The third-order valence-electron chi connectivity index (χ3n) is 5.43. The second kappa shape index (κ2) is 8.43. The molecule has 0 aromatic heterocycles. The van der Waals surface area contributed by atoms with Gasteiger partial charge in [-0.1, -0.05) is 19.8 Å². The topological polar surface area (TPSA) is 38.8 Å². The first-order valence-electron chi connectivity index (χ1n) is 9.47. The molecule has 2 aliphatic rings. The zero-order valence-corrected chi connectivity index (χ0v) is 16.8. The Morgan fingerprint density at radius 3 is 2.76 bits per heavy atom. The summed E-state index contributed by atoms with van der Waals surface area (Å²) in [6, 6.07) is 4.11. The SMILES string of the molecule is CCCOc1c(Br)cc(C(=O)N2CCCC3CCCCC32)cc1OC. The van der Waals surface area contributed by atoms with Crippen molar-refractivity contribution < 1.29 is 14.3 Å². The van der Waals surface area contributed by atoms with Crippen molar-refractivity contribution in [1.29, 1.82) is 0 Å². The largest absolute Gasteiger partial charge is 0.493 e. The number of halogens is 1. The Labute approximate surface area is 159 Å². The lowest BCUT2D eigenvalue weighted by Gasteiger charge is -2.44. The summed E-state index contributed by atoms with van der Waals surface area (Å²) in [5.74, 6) is 2.10. The number of carbonyl (C=O) groups excluding carboxylic acids is 1. The number of likely N-dealkylation sites (tertiary alicyclic amines) is 1. The van der Waals surface area contributed by atoms with Gasteiger partial charge < -0.3 is 14.4 Å². The summed E-state index contributed by atoms with van der Waals surface area (Å²) >= 11 is 3.55. The van der Waals surface area contributed by atoms with Gasteiger partial charge in [0.2, 0.25) is 0 Å². The molecule has 2 fully saturated rings. The number of piperidine rings is 1. The fourth-order valence-corrected chi connectivity index (χ4v) is 4.79. The highest BCUT2D eigenvalue weighted by atomic mass is 79.9. The van der Waals surface area contributed by atoms with Crippen molar-refractivity contribution in [3.05, 3.63) is 22.2 Å². The Balaban J connectivity index is 1.85. The van der Waals surface area contributed by atoms with E-state index < -0.39 is 0 Å². The Morgan fingerprint density at radius 1 is 1.24 bits per heavy atom. The Kier molecular flexibility index (Phi) is 6.26. The normalized spacial score (nSPS) is 23.1. The molecule has 1 heterocycles. The first kappa shape index (κ1) is 18.6. The predicted molar refractivity (Wildman–Crippen MR) is 102 cm³/mol. The van der Waals surface area contributed by atoms with E-state index in [1.54, 1.807) is 7.11 Å². The molecule has 1 aromatic carbocycles. The molecule has 2 atom stereocenters. The Hall–Kier alpha value is -1.23. The Morgan fingerprint density at radius 2 is 2.00 bits per heavy atom. The summed E-state index contributed by atoms with van der Waals surface area (Å²) in [4.78, 5) is 15.3. The molecule has 0 bridgehead atoms. The van der Waals surface area contributed by atoms with Crippen LogP contribution in [0.2, 0.25) is 0 Å². The van der Waals surface area contributed by atoms with Gasteiger partial charge in [-0.25, -0.2) is 0 Å². The standard InChI is InChI=1S/C20H28BrNO3/c1-3-11-25-19-16(21)12-15(13-18(19)24-2)20(23)22-10-6-8-14-7-4-5-9-17(14)22/h12-14,17H,3-11H2,1-2H3. The highest BCUT2D eigenvalue weighted by Crippen LogP contribution is 2.39. The van der Waals surface area contributed by atoms with Crippen molar-refractivity contribution in [1.82, 2.24) is 4.90 Å². The summed E-state index contributed by atoms with van der Waals surface area (Å²) in [6.07, 6.45) is 8.27. The van der Waals surface area contributed by atoms with Crippen molar-refractivity contribution in [2.24, 2.45) is 5.92 Å². The van der Waals surface area contributed by atoms with Crippen LogP contribution in [0.25, 0.3) is 0 Å². The maximum atomic E-state index is 13.2. The fraction of sp³-hybridized carbons (Fsp3) is 0.650. The Bertz CT molecular complexity index is 617. The second-order valence-corrected chi connectivity index (χ2v) is 7.94. The van der Waals surface area contributed by atoms with E-state index in [2.05, 4.69) is 27.8 Å². The summed E-state index contributed by atoms with van der Waals surface area (Å²) in [6.45, 7) is 3.56. The first-order chi connectivity index (χ1) is 12.2. The highest BCUT2D eigenvalue weighted by Gasteiger charge is 2.36. The van der Waals surface area contributed by atoms with E-state index in [0.29, 0.717) is 35.6 Å². The third kappa shape index (κ3) is 3.97. The van der Waals surface area contributed by atoms with Crippen LogP contribution < -0.4 is 9.47 Å². The molecule has 2 unspecified atom stereocenters. The molecule has 1 aromatic rings. The van der Waals surface area contributed by atoms with E-state index in [1.807, 2.05) is 12.1 Å². The number of hydrogen-bond donors (Lipinski definition) is 0. The number of fused-ring (bicyclic) bond motifs is 1. The lowest BCUT2D eigenvalue weighted by molar-refractivity contribution is 0.0390. The first-order valence-corrected chi connectivity index (χ1v) is 10.3. The number of amides is 1. The lowest BCUT2D eigenvalue weighted by atomic mass is 9.78. The zero-order chi connectivity index (χ0) is 17.8. The van der Waals surface area contributed by atoms with Crippen LogP contribution in [-0.2, 0) is 0 Å². The molecule has 1 saturated carbocycles. The van der Waals surface area contributed by atoms with Crippen LogP contribution >= 0.6 is 15.9 Å². The van der Waals surface area contributed by atoms with Gasteiger partial charge in [-0.15, -0.1) is 0 Å². The fourth-order valence-electron chi connectivity index (χ4n) is 4.23. The van der Waals surface area contributed by atoms with Crippen LogP contribution in [0.15, 0.2) is 16.6 Å². The number of benzene rings is 1. The molecule has 0 radical (unpaired) electrons. The van der Waals surface area contributed by atoms with Crippen LogP contribution in [0.5, 0.6) is 11.5 Å². The molecular formula is C20H28BrNO3. The van der Waals surface area contributed by atoms with Crippen molar-refractivity contribution in [3.8, 4) is 11.5 Å².